The number of nitrogens with one attached hydrogen (secondary N) is 2. The molecule has 1 fully saturated rings. The lowest BCUT2D eigenvalue weighted by Gasteiger charge is -2.34. The Hall–Kier alpha value is -3.54. The van der Waals surface area contributed by atoms with E-state index in [1.807, 2.05) is 0 Å². The van der Waals surface area contributed by atoms with Crippen LogP contribution in [-0.2, 0) is 21.4 Å². The summed E-state index contributed by atoms with van der Waals surface area (Å²) in [5, 5.41) is 2.89. The first-order chi connectivity index (χ1) is 17.0. The standard InChI is InChI=1S/C24H28N6O4S/c31-23(25-12-13-29-14-16-30(17-15-29)24-26-10-2-11-27-24)9-6-20-4-7-22(8-5-20)35(32,33)28-19-21-3-1-18-34-21/h1-11,18,28H,12-17,19H2,(H,25,31)/b9-6+. The summed E-state index contributed by atoms with van der Waals surface area (Å²) in [4.78, 5) is 25.3. The van der Waals surface area contributed by atoms with Crippen LogP contribution < -0.4 is 14.9 Å². The zero-order chi connectivity index (χ0) is 24.5. The van der Waals surface area contributed by atoms with E-state index < -0.39 is 10.0 Å². The molecule has 2 N–H and O–H groups in total. The molecular weight excluding hydrogens is 468 g/mol. The predicted octanol–water partition coefficient (Wildman–Crippen LogP) is 1.50. The van der Waals surface area contributed by atoms with Crippen molar-refractivity contribution in [2.24, 2.45) is 0 Å². The van der Waals surface area contributed by atoms with Crippen molar-refractivity contribution >= 4 is 28.0 Å². The van der Waals surface area contributed by atoms with Gasteiger partial charge >= 0.3 is 0 Å². The number of nitrogens with zero attached hydrogens (tertiary/aromatic N) is 4. The highest BCUT2D eigenvalue weighted by Crippen LogP contribution is 2.13. The fraction of sp³-hybridized carbons (Fsp3) is 0.292. The van der Waals surface area contributed by atoms with E-state index >= 15 is 0 Å². The summed E-state index contributed by atoms with van der Waals surface area (Å²) in [6.45, 7) is 4.85. The van der Waals surface area contributed by atoms with Crippen LogP contribution in [-0.4, -0.2) is 68.5 Å². The highest BCUT2D eigenvalue weighted by atomic mass is 32.2. The molecule has 0 saturated carbocycles. The van der Waals surface area contributed by atoms with E-state index in [2.05, 4.69) is 29.8 Å². The van der Waals surface area contributed by atoms with Gasteiger partial charge in [-0.05, 0) is 42.0 Å². The number of aromatic nitrogens is 2. The molecular formula is C24H28N6O4S. The number of piperazine rings is 1. The lowest BCUT2D eigenvalue weighted by Crippen LogP contribution is -2.48. The summed E-state index contributed by atoms with van der Waals surface area (Å²) in [7, 11) is -3.65. The molecule has 184 valence electrons. The van der Waals surface area contributed by atoms with Gasteiger partial charge in [0.25, 0.3) is 0 Å². The summed E-state index contributed by atoms with van der Waals surface area (Å²) >= 11 is 0. The number of furan rings is 1. The number of hydrogen-bond acceptors (Lipinski definition) is 8. The van der Waals surface area contributed by atoms with Crippen molar-refractivity contribution in [3.8, 4) is 0 Å². The normalized spacial score (nSPS) is 14.9. The van der Waals surface area contributed by atoms with Crippen LogP contribution in [0.25, 0.3) is 6.08 Å². The molecule has 0 unspecified atom stereocenters. The summed E-state index contributed by atoms with van der Waals surface area (Å²) in [6, 6.07) is 11.5. The minimum Gasteiger partial charge on any atom is -0.468 e. The molecule has 1 saturated heterocycles. The highest BCUT2D eigenvalue weighted by molar-refractivity contribution is 7.89. The first-order valence-corrected chi connectivity index (χ1v) is 12.8. The molecule has 11 heteroatoms. The Kier molecular flexibility index (Phi) is 8.24. The number of carbonyl (C=O) groups is 1. The Morgan fingerprint density at radius 2 is 1.77 bits per heavy atom. The van der Waals surface area contributed by atoms with Crippen LogP contribution in [0.4, 0.5) is 5.95 Å². The van der Waals surface area contributed by atoms with Crippen LogP contribution in [0.15, 0.2) is 76.5 Å². The molecule has 1 aliphatic heterocycles. The molecule has 0 atom stereocenters. The van der Waals surface area contributed by atoms with Gasteiger partial charge < -0.3 is 14.6 Å². The largest absolute Gasteiger partial charge is 0.468 e. The van der Waals surface area contributed by atoms with E-state index in [0.29, 0.717) is 12.3 Å². The first-order valence-electron chi connectivity index (χ1n) is 11.3. The van der Waals surface area contributed by atoms with Crippen molar-refractivity contribution in [1.82, 2.24) is 24.9 Å². The number of sulfonamides is 1. The number of rotatable bonds is 10. The van der Waals surface area contributed by atoms with Gasteiger partial charge in [0.15, 0.2) is 0 Å². The van der Waals surface area contributed by atoms with Crippen molar-refractivity contribution in [3.05, 3.63) is 78.5 Å². The van der Waals surface area contributed by atoms with E-state index in [0.717, 1.165) is 44.2 Å². The third-order valence-electron chi connectivity index (χ3n) is 5.57. The van der Waals surface area contributed by atoms with Crippen LogP contribution in [0.2, 0.25) is 0 Å². The quantitative estimate of drug-likeness (QED) is 0.405. The number of hydrogen-bond donors (Lipinski definition) is 2. The number of amides is 1. The predicted molar refractivity (Wildman–Crippen MR) is 132 cm³/mol. The average Bonchev–Trinajstić information content (AvgIpc) is 3.42. The molecule has 0 bridgehead atoms. The zero-order valence-corrected chi connectivity index (χ0v) is 20.0. The fourth-order valence-corrected chi connectivity index (χ4v) is 4.61. The van der Waals surface area contributed by atoms with E-state index in [4.69, 9.17) is 4.42 Å². The molecule has 10 nitrogen and oxygen atoms in total. The molecule has 1 amide bonds. The summed E-state index contributed by atoms with van der Waals surface area (Å²) in [6.07, 6.45) is 8.08. The molecule has 0 aliphatic carbocycles. The second kappa shape index (κ2) is 11.7. The van der Waals surface area contributed by atoms with Gasteiger partial charge in [-0.1, -0.05) is 12.1 Å². The highest BCUT2D eigenvalue weighted by Gasteiger charge is 2.18. The summed E-state index contributed by atoms with van der Waals surface area (Å²) < 4.78 is 32.4. The van der Waals surface area contributed by atoms with Gasteiger partial charge in [-0.15, -0.1) is 0 Å². The van der Waals surface area contributed by atoms with Crippen LogP contribution >= 0.6 is 0 Å². The Labute approximate surface area is 204 Å². The van der Waals surface area contributed by atoms with Crippen molar-refractivity contribution in [3.63, 3.8) is 0 Å². The van der Waals surface area contributed by atoms with E-state index in [9.17, 15) is 13.2 Å². The third kappa shape index (κ3) is 7.22. The number of benzene rings is 1. The molecule has 3 aromatic rings. The van der Waals surface area contributed by atoms with Crippen molar-refractivity contribution in [2.45, 2.75) is 11.4 Å². The lowest BCUT2D eigenvalue weighted by atomic mass is 10.2. The van der Waals surface area contributed by atoms with Gasteiger partial charge in [0.05, 0.1) is 17.7 Å². The molecule has 1 aromatic carbocycles. The van der Waals surface area contributed by atoms with Crippen molar-refractivity contribution in [2.75, 3.05) is 44.2 Å². The molecule has 4 rings (SSSR count). The van der Waals surface area contributed by atoms with Gasteiger partial charge in [-0.2, -0.15) is 0 Å². The van der Waals surface area contributed by atoms with Crippen molar-refractivity contribution in [1.29, 1.82) is 0 Å². The maximum Gasteiger partial charge on any atom is 0.244 e. The van der Waals surface area contributed by atoms with E-state index in [-0.39, 0.29) is 17.3 Å². The second-order valence-corrected chi connectivity index (χ2v) is 9.74. The van der Waals surface area contributed by atoms with Gasteiger partial charge in [-0.25, -0.2) is 23.1 Å². The van der Waals surface area contributed by atoms with Gasteiger partial charge in [0, 0.05) is 57.7 Å². The summed E-state index contributed by atoms with van der Waals surface area (Å²) in [5.41, 5.74) is 0.726. The van der Waals surface area contributed by atoms with Gasteiger partial charge in [0.2, 0.25) is 21.9 Å². The van der Waals surface area contributed by atoms with Crippen LogP contribution in [0.3, 0.4) is 0 Å². The third-order valence-corrected chi connectivity index (χ3v) is 6.99. The average molecular weight is 497 g/mol. The topological polar surface area (TPSA) is 121 Å². The first kappa shape index (κ1) is 24.6. The Morgan fingerprint density at radius 3 is 2.46 bits per heavy atom. The molecule has 35 heavy (non-hydrogen) atoms. The van der Waals surface area contributed by atoms with Crippen LogP contribution in [0.1, 0.15) is 11.3 Å². The molecule has 3 heterocycles. The maximum absolute atomic E-state index is 12.4. The second-order valence-electron chi connectivity index (χ2n) is 7.97. The smallest absolute Gasteiger partial charge is 0.244 e. The van der Waals surface area contributed by atoms with Crippen LogP contribution in [0, 0.1) is 0 Å². The zero-order valence-electron chi connectivity index (χ0n) is 19.2. The lowest BCUT2D eigenvalue weighted by molar-refractivity contribution is -0.116. The Bertz CT molecular complexity index is 1210. The SMILES string of the molecule is O=C(/C=C/c1ccc(S(=O)(=O)NCc2ccco2)cc1)NCCN1CCN(c2ncccn2)CC1. The monoisotopic (exact) mass is 496 g/mol. The van der Waals surface area contributed by atoms with Gasteiger partial charge in [-0.3, -0.25) is 9.69 Å². The van der Waals surface area contributed by atoms with E-state index in [1.165, 1.54) is 24.5 Å². The molecule has 0 radical (unpaired) electrons. The molecule has 0 spiro atoms. The van der Waals surface area contributed by atoms with Crippen molar-refractivity contribution < 1.29 is 17.6 Å². The minimum absolute atomic E-state index is 0.0777. The van der Waals surface area contributed by atoms with E-state index in [1.54, 1.807) is 48.8 Å². The molecule has 2 aromatic heterocycles. The summed E-state index contributed by atoms with van der Waals surface area (Å²) in [5.74, 6) is 1.09. The minimum atomic E-state index is -3.65. The maximum atomic E-state index is 12.4. The van der Waals surface area contributed by atoms with Crippen LogP contribution in [0.5, 0.6) is 0 Å². The Morgan fingerprint density at radius 1 is 1.03 bits per heavy atom. The molecule has 1 aliphatic rings. The van der Waals surface area contributed by atoms with Gasteiger partial charge in [0.1, 0.15) is 5.76 Å². The number of carbonyl (C=O) groups excluding carboxylic acids is 1. The number of anilines is 1. The Balaban J connectivity index is 1.17. The fourth-order valence-electron chi connectivity index (χ4n) is 3.61.